The summed E-state index contributed by atoms with van der Waals surface area (Å²) in [6.07, 6.45) is 6.07. The number of carbonyl (C=O) groups is 1. The highest BCUT2D eigenvalue weighted by atomic mass is 16.6. The SMILES string of the molecule is CCC(C)CCCCOC(=O)C(=Cc1ccccc1)OC. The predicted octanol–water partition coefficient (Wildman–Crippen LogP) is 4.43. The van der Waals surface area contributed by atoms with Gasteiger partial charge in [-0.2, -0.15) is 0 Å². The molecule has 0 radical (unpaired) electrons. The van der Waals surface area contributed by atoms with Crippen molar-refractivity contribution in [3.63, 3.8) is 0 Å². The monoisotopic (exact) mass is 290 g/mol. The van der Waals surface area contributed by atoms with Crippen molar-refractivity contribution in [1.29, 1.82) is 0 Å². The molecule has 116 valence electrons. The Labute approximate surface area is 128 Å². The number of carbonyl (C=O) groups excluding carboxylic acids is 1. The van der Waals surface area contributed by atoms with E-state index in [0.29, 0.717) is 6.61 Å². The van der Waals surface area contributed by atoms with E-state index in [4.69, 9.17) is 9.47 Å². The molecule has 0 saturated carbocycles. The van der Waals surface area contributed by atoms with Crippen LogP contribution in [0.15, 0.2) is 36.1 Å². The van der Waals surface area contributed by atoms with Gasteiger partial charge in [0.2, 0.25) is 5.76 Å². The van der Waals surface area contributed by atoms with Crippen LogP contribution in [0.4, 0.5) is 0 Å². The number of ether oxygens (including phenoxy) is 2. The van der Waals surface area contributed by atoms with Gasteiger partial charge >= 0.3 is 5.97 Å². The van der Waals surface area contributed by atoms with E-state index in [9.17, 15) is 4.79 Å². The van der Waals surface area contributed by atoms with E-state index in [1.165, 1.54) is 20.0 Å². The second-order valence-electron chi connectivity index (χ2n) is 5.27. The number of hydrogen-bond acceptors (Lipinski definition) is 3. The van der Waals surface area contributed by atoms with Crippen molar-refractivity contribution in [2.24, 2.45) is 5.92 Å². The molecule has 3 heteroatoms. The highest BCUT2D eigenvalue weighted by molar-refractivity contribution is 5.91. The lowest BCUT2D eigenvalue weighted by Crippen LogP contribution is -2.10. The van der Waals surface area contributed by atoms with Crippen LogP contribution in [0.25, 0.3) is 6.08 Å². The van der Waals surface area contributed by atoms with Crippen molar-refractivity contribution >= 4 is 12.0 Å². The molecule has 0 heterocycles. The van der Waals surface area contributed by atoms with Crippen molar-refractivity contribution in [3.05, 3.63) is 41.7 Å². The fourth-order valence-electron chi connectivity index (χ4n) is 1.94. The quantitative estimate of drug-likeness (QED) is 0.292. The first-order chi connectivity index (χ1) is 10.2. The number of unbranched alkanes of at least 4 members (excludes halogenated alkanes) is 1. The third-order valence-corrected chi connectivity index (χ3v) is 3.54. The average Bonchev–Trinajstić information content (AvgIpc) is 2.52. The molecule has 0 aliphatic rings. The molecule has 1 aromatic carbocycles. The second-order valence-corrected chi connectivity index (χ2v) is 5.27. The Hall–Kier alpha value is -1.77. The van der Waals surface area contributed by atoms with E-state index in [2.05, 4.69) is 13.8 Å². The minimum absolute atomic E-state index is 0.239. The van der Waals surface area contributed by atoms with Crippen LogP contribution in [-0.2, 0) is 14.3 Å². The Bertz CT molecular complexity index is 437. The van der Waals surface area contributed by atoms with E-state index in [1.807, 2.05) is 30.3 Å². The van der Waals surface area contributed by atoms with Gasteiger partial charge in [-0.05, 0) is 30.4 Å². The van der Waals surface area contributed by atoms with Gasteiger partial charge in [0.15, 0.2) is 0 Å². The van der Waals surface area contributed by atoms with Crippen LogP contribution in [0, 0.1) is 5.92 Å². The largest absolute Gasteiger partial charge is 0.490 e. The normalized spacial score (nSPS) is 12.8. The standard InChI is InChI=1S/C18H26O3/c1-4-15(2)10-8-9-13-21-18(19)17(20-3)14-16-11-6-5-7-12-16/h5-7,11-12,14-15H,4,8-10,13H2,1-3H3. The summed E-state index contributed by atoms with van der Waals surface area (Å²) in [7, 11) is 1.49. The summed E-state index contributed by atoms with van der Waals surface area (Å²) in [6, 6.07) is 9.59. The minimum atomic E-state index is -0.398. The number of hydrogen-bond donors (Lipinski definition) is 0. The molecule has 0 spiro atoms. The molecular weight excluding hydrogens is 264 g/mol. The lowest BCUT2D eigenvalue weighted by molar-refractivity contribution is -0.142. The lowest BCUT2D eigenvalue weighted by Gasteiger charge is -2.09. The molecule has 3 nitrogen and oxygen atoms in total. The Morgan fingerprint density at radius 3 is 2.57 bits per heavy atom. The van der Waals surface area contributed by atoms with Gasteiger partial charge < -0.3 is 9.47 Å². The van der Waals surface area contributed by atoms with Gasteiger partial charge in [-0.25, -0.2) is 4.79 Å². The second kappa shape index (κ2) is 10.0. The van der Waals surface area contributed by atoms with Crippen molar-refractivity contribution in [3.8, 4) is 0 Å². The predicted molar refractivity (Wildman–Crippen MR) is 85.7 cm³/mol. The van der Waals surface area contributed by atoms with Crippen LogP contribution in [0.5, 0.6) is 0 Å². The molecule has 0 aromatic heterocycles. The molecule has 0 aliphatic heterocycles. The maximum absolute atomic E-state index is 11.9. The van der Waals surface area contributed by atoms with Crippen molar-refractivity contribution < 1.29 is 14.3 Å². The summed E-state index contributed by atoms with van der Waals surface area (Å²) in [5.41, 5.74) is 0.920. The summed E-state index contributed by atoms with van der Waals surface area (Å²) in [4.78, 5) is 11.9. The van der Waals surface area contributed by atoms with Gasteiger partial charge in [-0.1, -0.05) is 57.0 Å². The maximum atomic E-state index is 11.9. The van der Waals surface area contributed by atoms with Gasteiger partial charge in [-0.3, -0.25) is 0 Å². The minimum Gasteiger partial charge on any atom is -0.490 e. The Morgan fingerprint density at radius 1 is 1.24 bits per heavy atom. The maximum Gasteiger partial charge on any atom is 0.373 e. The highest BCUT2D eigenvalue weighted by Gasteiger charge is 2.11. The Morgan fingerprint density at radius 2 is 1.95 bits per heavy atom. The topological polar surface area (TPSA) is 35.5 Å². The molecule has 0 N–H and O–H groups in total. The molecule has 0 amide bonds. The molecule has 1 atom stereocenters. The summed E-state index contributed by atoms with van der Waals surface area (Å²) < 4.78 is 10.4. The van der Waals surface area contributed by atoms with Crippen molar-refractivity contribution in [2.75, 3.05) is 13.7 Å². The molecule has 0 fully saturated rings. The summed E-state index contributed by atoms with van der Waals surface area (Å²) in [5, 5.41) is 0. The van der Waals surface area contributed by atoms with E-state index in [1.54, 1.807) is 6.08 Å². The fraction of sp³-hybridized carbons (Fsp3) is 0.500. The molecule has 0 aliphatic carbocycles. The summed E-state index contributed by atoms with van der Waals surface area (Å²) in [6.45, 7) is 4.90. The number of methoxy groups -OCH3 is 1. The van der Waals surface area contributed by atoms with Crippen molar-refractivity contribution in [1.82, 2.24) is 0 Å². The number of rotatable bonds is 9. The lowest BCUT2D eigenvalue weighted by atomic mass is 10.0. The smallest absolute Gasteiger partial charge is 0.373 e. The van der Waals surface area contributed by atoms with Gasteiger partial charge in [0.1, 0.15) is 0 Å². The van der Waals surface area contributed by atoms with Gasteiger partial charge in [0.25, 0.3) is 0 Å². The van der Waals surface area contributed by atoms with E-state index < -0.39 is 5.97 Å². The summed E-state index contributed by atoms with van der Waals surface area (Å²) >= 11 is 0. The Balaban J connectivity index is 2.37. The zero-order valence-electron chi connectivity index (χ0n) is 13.3. The zero-order chi connectivity index (χ0) is 15.5. The Kier molecular flexibility index (Phi) is 8.25. The number of esters is 1. The van der Waals surface area contributed by atoms with Crippen LogP contribution >= 0.6 is 0 Å². The molecule has 21 heavy (non-hydrogen) atoms. The first kappa shape index (κ1) is 17.3. The molecule has 0 bridgehead atoms. The van der Waals surface area contributed by atoms with Crippen LogP contribution in [0.2, 0.25) is 0 Å². The van der Waals surface area contributed by atoms with Gasteiger partial charge in [0.05, 0.1) is 13.7 Å². The van der Waals surface area contributed by atoms with E-state index in [0.717, 1.165) is 24.3 Å². The first-order valence-corrected chi connectivity index (χ1v) is 7.65. The van der Waals surface area contributed by atoms with Crippen molar-refractivity contribution in [2.45, 2.75) is 39.5 Å². The van der Waals surface area contributed by atoms with Crippen LogP contribution in [0.1, 0.15) is 45.1 Å². The first-order valence-electron chi connectivity index (χ1n) is 7.65. The third-order valence-electron chi connectivity index (χ3n) is 3.54. The molecule has 1 rings (SSSR count). The molecule has 1 unspecified atom stereocenters. The van der Waals surface area contributed by atoms with Crippen LogP contribution in [0.3, 0.4) is 0 Å². The molecule has 1 aromatic rings. The number of benzene rings is 1. The summed E-state index contributed by atoms with van der Waals surface area (Å²) in [5.74, 6) is 0.584. The molecular formula is C18H26O3. The van der Waals surface area contributed by atoms with Crippen LogP contribution in [-0.4, -0.2) is 19.7 Å². The molecule has 0 saturated heterocycles. The van der Waals surface area contributed by atoms with E-state index >= 15 is 0 Å². The van der Waals surface area contributed by atoms with Gasteiger partial charge in [-0.15, -0.1) is 0 Å². The van der Waals surface area contributed by atoms with Gasteiger partial charge in [0, 0.05) is 0 Å². The average molecular weight is 290 g/mol. The fourth-order valence-corrected chi connectivity index (χ4v) is 1.94. The zero-order valence-corrected chi connectivity index (χ0v) is 13.3. The van der Waals surface area contributed by atoms with E-state index in [-0.39, 0.29) is 5.76 Å². The highest BCUT2D eigenvalue weighted by Crippen LogP contribution is 2.12. The van der Waals surface area contributed by atoms with Crippen LogP contribution < -0.4 is 0 Å². The third kappa shape index (κ3) is 6.98.